The number of benzene rings is 5. The molecule has 0 bridgehead atoms. The standard InChI is InChI=1S/C15H16F3N3O2.C13H13BrN2O2.C13H14N2O3.C12H14N2O5.C10H8ClNO4.C2H4F3N.C2H7NO.CH2Cl2.CH2O2/c1-23-14(22)5-3-11-2-4-13-12(8-11)20-10-21(13)7-6-19-9-15(16,17)18;1-18-13(17)5-3-10-2-4-12-11(8-10)15-9-16(12)7-6-14;1-18-13(17)5-3-10-2-4-12-11(8-10)14-9-15(12)6-7-16;1-19-12(16)5-3-9-2-4-10(13-6-7-15)11(8-9)14(17)18;1-16-10(13)5-3-7-2-4-8(11)9(6-7)12(14)15;3-2(4,5)1-6;3-1-2-4;2*2-1-3/h2-5,8,10,19H,6-7,9H2,1H3;2-5,8-9H,6-7H2,1H3;2-5,8-9,16H,6-7H2,1H3;2-5,8,13,15H,6-7H2,1H3;2-6H,1H3;1,6H2;4H,1-3H2;1H2;1H,(H,2,3)/b5*5-3+;;;;. The van der Waals surface area contributed by atoms with Crippen LogP contribution in [0.15, 0.2) is 140 Å². The number of aryl methyl sites for hydroxylation is 1. The van der Waals surface area contributed by atoms with E-state index in [1.54, 1.807) is 59.7 Å². The van der Waals surface area contributed by atoms with Crippen LogP contribution in [0.2, 0.25) is 5.02 Å². The molecule has 0 spiro atoms. The summed E-state index contributed by atoms with van der Waals surface area (Å²) >= 11 is 18.6. The van der Waals surface area contributed by atoms with E-state index in [1.807, 2.05) is 53.4 Å². The fourth-order valence-corrected chi connectivity index (χ4v) is 8.36. The average Bonchev–Trinajstić information content (AvgIpc) is 1.69. The van der Waals surface area contributed by atoms with Crippen molar-refractivity contribution in [2.75, 3.05) is 104 Å². The zero-order valence-electron chi connectivity index (χ0n) is 59.4. The van der Waals surface area contributed by atoms with E-state index in [0.717, 1.165) is 56.1 Å². The number of methoxy groups -OCH3 is 5. The Balaban J connectivity index is 0.00000129. The van der Waals surface area contributed by atoms with Crippen molar-refractivity contribution >= 4 is 168 Å². The number of alkyl halides is 9. The van der Waals surface area contributed by atoms with E-state index in [1.165, 1.54) is 102 Å². The van der Waals surface area contributed by atoms with Gasteiger partial charge < -0.3 is 79.9 Å². The van der Waals surface area contributed by atoms with Crippen LogP contribution in [-0.4, -0.2) is 206 Å². The number of ether oxygens (including phenoxy) is 5. The maximum atomic E-state index is 12.1. The zero-order valence-corrected chi connectivity index (χ0v) is 63.2. The van der Waals surface area contributed by atoms with Crippen LogP contribution in [0.5, 0.6) is 0 Å². The number of nitro benzene ring substituents is 2. The Morgan fingerprint density at radius 2 is 0.855 bits per heavy atom. The second-order valence-electron chi connectivity index (χ2n) is 20.2. The lowest BCUT2D eigenvalue weighted by Gasteiger charge is -2.09. The third-order valence-corrected chi connectivity index (χ3v) is 13.4. The molecule has 8 aromatic rings. The largest absolute Gasteiger partial charge is 0.483 e. The number of nitrogens with one attached hydrogen (secondary N) is 2. The minimum atomic E-state index is -4.21. The average molecular weight is 1680 g/mol. The lowest BCUT2D eigenvalue weighted by molar-refractivity contribution is -0.384. The van der Waals surface area contributed by atoms with Gasteiger partial charge in [-0.2, -0.15) is 26.3 Å². The Morgan fingerprint density at radius 1 is 0.536 bits per heavy atom. The molecule has 110 heavy (non-hydrogen) atoms. The minimum Gasteiger partial charge on any atom is -0.483 e. The van der Waals surface area contributed by atoms with Crippen molar-refractivity contribution in [3.8, 4) is 0 Å². The van der Waals surface area contributed by atoms with Crippen LogP contribution in [0.1, 0.15) is 27.8 Å². The fourth-order valence-electron chi connectivity index (χ4n) is 7.79. The van der Waals surface area contributed by atoms with E-state index in [9.17, 15) is 70.5 Å². The molecule has 31 nitrogen and oxygen atoms in total. The van der Waals surface area contributed by atoms with Gasteiger partial charge in [-0.3, -0.25) is 25.0 Å². The van der Waals surface area contributed by atoms with Gasteiger partial charge in [-0.1, -0.05) is 57.9 Å². The molecule has 0 aliphatic rings. The highest BCUT2D eigenvalue weighted by Crippen LogP contribution is 2.28. The van der Waals surface area contributed by atoms with Crippen molar-refractivity contribution < 1.29 is 109 Å². The normalized spacial score (nSPS) is 10.7. The number of aromatic nitrogens is 6. The SMILES string of the molecule is COC(=O)/C=C/c1ccc(Cl)c([N+](=O)[O-])c1.COC(=O)/C=C/c1ccc(NCCO)c([N+](=O)[O-])c1.COC(=O)/C=C/c1ccc2c(c1)ncn2CCBr.COC(=O)/C=C/c1ccc2c(c1)ncn2CCNCC(F)(F)F.COC(=O)/C=C/c1ccc2c(c1)ncn2CCO.ClCCl.NCC(F)(F)F.NCCO.O=CO. The van der Waals surface area contributed by atoms with Crippen molar-refractivity contribution in [3.63, 3.8) is 0 Å². The number of nitrogens with zero attached hydrogens (tertiary/aromatic N) is 8. The number of aliphatic hydroxyl groups is 3. The lowest BCUT2D eigenvalue weighted by Crippen LogP contribution is -2.31. The Hall–Kier alpha value is -10.7. The monoisotopic (exact) mass is 1680 g/mol. The van der Waals surface area contributed by atoms with Crippen LogP contribution in [0.25, 0.3) is 63.5 Å². The number of carbonyl (C=O) groups is 6. The second kappa shape index (κ2) is 56.6. The van der Waals surface area contributed by atoms with Crippen molar-refractivity contribution in [2.45, 2.75) is 32.0 Å². The van der Waals surface area contributed by atoms with Crippen LogP contribution >= 0.6 is 50.7 Å². The number of carbonyl (C=O) groups excluding carboxylic acids is 5. The first kappa shape index (κ1) is 99.3. The smallest absolute Gasteiger partial charge is 0.401 e. The number of carboxylic acid groups (broad SMARTS) is 1. The first-order valence-corrected chi connectivity index (χ1v) is 33.8. The Morgan fingerprint density at radius 3 is 1.15 bits per heavy atom. The van der Waals surface area contributed by atoms with E-state index < -0.39 is 53.2 Å². The van der Waals surface area contributed by atoms with Gasteiger partial charge in [0.25, 0.3) is 17.8 Å². The van der Waals surface area contributed by atoms with Crippen molar-refractivity contribution in [2.24, 2.45) is 11.5 Å². The van der Waals surface area contributed by atoms with E-state index in [0.29, 0.717) is 42.0 Å². The molecule has 3 aromatic heterocycles. The van der Waals surface area contributed by atoms with Gasteiger partial charge in [0.05, 0.1) is 136 Å². The van der Waals surface area contributed by atoms with E-state index >= 15 is 0 Å². The number of aliphatic hydroxyl groups excluding tert-OH is 3. The van der Waals surface area contributed by atoms with Gasteiger partial charge in [-0.15, -0.1) is 23.2 Å². The third kappa shape index (κ3) is 42.2. The molecule has 3 heterocycles. The summed E-state index contributed by atoms with van der Waals surface area (Å²) in [5.74, 6) is -2.27. The predicted molar refractivity (Wildman–Crippen MR) is 408 cm³/mol. The summed E-state index contributed by atoms with van der Waals surface area (Å²) < 4.78 is 96.3. The summed E-state index contributed by atoms with van der Waals surface area (Å²) in [6.07, 6.45) is 11.0. The number of esters is 5. The molecule has 0 aliphatic heterocycles. The number of rotatable bonds is 24. The molecule has 600 valence electrons. The first-order chi connectivity index (χ1) is 52.3. The lowest BCUT2D eigenvalue weighted by atomic mass is 10.1. The zero-order chi connectivity index (χ0) is 83.2. The van der Waals surface area contributed by atoms with E-state index in [2.05, 4.69) is 75.5 Å². The van der Waals surface area contributed by atoms with Gasteiger partial charge in [0.15, 0.2) is 0 Å². The van der Waals surface area contributed by atoms with Gasteiger partial charge in [0, 0.05) is 87.1 Å². The number of hydrogen-bond donors (Lipinski definition) is 8. The van der Waals surface area contributed by atoms with Crippen LogP contribution in [-0.2, 0) is 72.1 Å². The summed E-state index contributed by atoms with van der Waals surface area (Å²) in [4.78, 5) is 96.3. The van der Waals surface area contributed by atoms with Gasteiger partial charge in [-0.05, 0) is 107 Å². The highest BCUT2D eigenvalue weighted by molar-refractivity contribution is 9.09. The molecule has 8 rings (SSSR count). The van der Waals surface area contributed by atoms with Gasteiger partial charge >= 0.3 is 42.2 Å². The van der Waals surface area contributed by atoms with Crippen LogP contribution in [0.3, 0.4) is 0 Å². The van der Waals surface area contributed by atoms with Crippen molar-refractivity contribution in [1.82, 2.24) is 34.0 Å². The number of anilines is 1. The first-order valence-electron chi connectivity index (χ1n) is 31.2. The van der Waals surface area contributed by atoms with Crippen LogP contribution in [0, 0.1) is 20.2 Å². The number of imidazole rings is 3. The molecule has 0 saturated carbocycles. The van der Waals surface area contributed by atoms with Crippen LogP contribution < -0.4 is 22.1 Å². The Kier molecular flexibility index (Phi) is 51.1. The molecule has 5 aromatic carbocycles. The molecule has 0 fully saturated rings. The highest BCUT2D eigenvalue weighted by atomic mass is 79.9. The van der Waals surface area contributed by atoms with Crippen molar-refractivity contribution in [1.29, 1.82) is 0 Å². The van der Waals surface area contributed by atoms with Crippen molar-refractivity contribution in [3.05, 3.63) is 193 Å². The number of halogens is 10. The quantitative estimate of drug-likeness (QED) is 0.00321. The van der Waals surface area contributed by atoms with Crippen LogP contribution in [0.4, 0.5) is 43.4 Å². The van der Waals surface area contributed by atoms with E-state index in [-0.39, 0.29) is 73.1 Å². The summed E-state index contributed by atoms with van der Waals surface area (Å²) in [5.41, 5.74) is 17.9. The molecule has 0 unspecified atom stereocenters. The predicted octanol–water partition coefficient (Wildman–Crippen LogP) is 10.4. The molecule has 0 saturated heterocycles. The molecule has 41 heteroatoms. The van der Waals surface area contributed by atoms with E-state index in [4.69, 9.17) is 65.8 Å². The number of nitrogens with two attached hydrogens (primary N) is 2. The Bertz CT molecular complexity index is 4200. The topological polar surface area (TPSA) is 445 Å². The number of fused-ring (bicyclic) bond motifs is 3. The third-order valence-electron chi connectivity index (χ3n) is 12.7. The number of hydrogen-bond acceptors (Lipinski definition) is 25. The molecular weight excluding hydrogens is 1600 g/mol. The molecular formula is C69H80BrCl3F6N12O19. The van der Waals surface area contributed by atoms with Gasteiger partial charge in [-0.25, -0.2) is 38.9 Å². The molecule has 0 atom stereocenters. The summed E-state index contributed by atoms with van der Waals surface area (Å²) in [7, 11) is 6.49. The van der Waals surface area contributed by atoms with Gasteiger partial charge in [0.1, 0.15) is 10.7 Å². The summed E-state index contributed by atoms with van der Waals surface area (Å²) in [6, 6.07) is 25.7. The summed E-state index contributed by atoms with van der Waals surface area (Å²) in [6.45, 7) is 0.129. The van der Waals surface area contributed by atoms with Gasteiger partial charge in [0.2, 0.25) is 0 Å². The second-order valence-corrected chi connectivity index (χ2v) is 22.2. The summed E-state index contributed by atoms with van der Waals surface area (Å²) in [5, 5.41) is 60.0. The maximum Gasteiger partial charge on any atom is 0.401 e. The molecule has 0 amide bonds. The molecule has 10 N–H and O–H groups in total. The Labute approximate surface area is 648 Å². The number of nitro groups is 2. The fraction of sp³-hybridized carbons (Fsp3) is 0.290. The molecule has 0 aliphatic carbocycles. The maximum absolute atomic E-state index is 12.1. The highest BCUT2D eigenvalue weighted by Gasteiger charge is 2.26. The minimum absolute atomic E-state index is 0.0558. The molecule has 0 radical (unpaired) electrons.